The molecule has 0 aliphatic heterocycles. The van der Waals surface area contributed by atoms with Gasteiger partial charge < -0.3 is 4.57 Å². The third kappa shape index (κ3) is 3.19. The zero-order valence-corrected chi connectivity index (χ0v) is 16.4. The second-order valence-electron chi connectivity index (χ2n) is 6.41. The van der Waals surface area contributed by atoms with Gasteiger partial charge in [0.2, 0.25) is 5.13 Å². The largest absolute Gasteiger partial charge is 0.333 e. The number of hydrogen-bond acceptors (Lipinski definition) is 4. The van der Waals surface area contributed by atoms with Gasteiger partial charge in [-0.05, 0) is 29.8 Å². The maximum Gasteiger partial charge on any atom is 0.231 e. The summed E-state index contributed by atoms with van der Waals surface area (Å²) in [6.07, 6.45) is 1.78. The van der Waals surface area contributed by atoms with E-state index < -0.39 is 0 Å². The molecule has 28 heavy (non-hydrogen) atoms. The Balaban J connectivity index is 1.46. The van der Waals surface area contributed by atoms with Crippen LogP contribution in [0.15, 0.2) is 77.8 Å². The average molecular weight is 403 g/mol. The number of aliphatic imine (C=N–C) groups is 1. The van der Waals surface area contributed by atoms with Gasteiger partial charge in [-0.3, -0.25) is 0 Å². The van der Waals surface area contributed by atoms with E-state index in [2.05, 4.69) is 68.3 Å². The van der Waals surface area contributed by atoms with Crippen molar-refractivity contribution in [3.05, 3.63) is 88.4 Å². The molecule has 0 aliphatic rings. The molecule has 5 aromatic rings. The fourth-order valence-corrected chi connectivity index (χ4v) is 4.15. The van der Waals surface area contributed by atoms with Gasteiger partial charge in [-0.25, -0.2) is 4.99 Å². The van der Waals surface area contributed by atoms with Gasteiger partial charge in [0.15, 0.2) is 0 Å². The Bertz CT molecular complexity index is 1250. The van der Waals surface area contributed by atoms with Crippen LogP contribution in [0.2, 0.25) is 5.02 Å². The standard InChI is InChI=1S/C22H15ClN4S/c23-16-11-9-15(10-12-16)13-24-22-26-25-21(28-22)14-27-19-7-3-1-5-17(19)18-6-2-4-8-20(18)27/h1-13H,14H2/b24-13+. The number of fused-ring (bicyclic) bond motifs is 3. The van der Waals surface area contributed by atoms with Gasteiger partial charge >= 0.3 is 0 Å². The zero-order valence-electron chi connectivity index (χ0n) is 14.8. The number of para-hydroxylation sites is 2. The lowest BCUT2D eigenvalue weighted by Crippen LogP contribution is -1.98. The summed E-state index contributed by atoms with van der Waals surface area (Å²) in [6, 6.07) is 24.4. The molecule has 0 aliphatic carbocycles. The highest BCUT2D eigenvalue weighted by atomic mass is 35.5. The molecule has 0 spiro atoms. The van der Waals surface area contributed by atoms with Gasteiger partial charge in [0.05, 0.1) is 6.54 Å². The smallest absolute Gasteiger partial charge is 0.231 e. The third-order valence-electron chi connectivity index (χ3n) is 4.62. The number of hydrogen-bond donors (Lipinski definition) is 0. The molecule has 2 heterocycles. The number of aromatic nitrogens is 3. The van der Waals surface area contributed by atoms with Crippen LogP contribution < -0.4 is 0 Å². The lowest BCUT2D eigenvalue weighted by atomic mass is 10.2. The number of halogens is 1. The van der Waals surface area contributed by atoms with Crippen molar-refractivity contribution in [1.29, 1.82) is 0 Å². The minimum Gasteiger partial charge on any atom is -0.333 e. The first-order chi connectivity index (χ1) is 13.8. The van der Waals surface area contributed by atoms with Crippen molar-refractivity contribution in [3.63, 3.8) is 0 Å². The van der Waals surface area contributed by atoms with Crippen molar-refractivity contribution in [2.45, 2.75) is 6.54 Å². The minimum atomic E-state index is 0.644. The fraction of sp³-hybridized carbons (Fsp3) is 0.0455. The molecule has 0 N–H and O–H groups in total. The Kier molecular flexibility index (Phi) is 4.39. The molecule has 0 unspecified atom stereocenters. The van der Waals surface area contributed by atoms with Crippen LogP contribution in [0.4, 0.5) is 5.13 Å². The van der Waals surface area contributed by atoms with Gasteiger partial charge in [-0.1, -0.05) is 71.5 Å². The highest BCUT2D eigenvalue weighted by molar-refractivity contribution is 7.14. The normalized spacial score (nSPS) is 11.8. The summed E-state index contributed by atoms with van der Waals surface area (Å²) in [5.74, 6) is 0. The molecule has 4 nitrogen and oxygen atoms in total. The molecular formula is C22H15ClN4S. The van der Waals surface area contributed by atoms with Crippen molar-refractivity contribution in [3.8, 4) is 0 Å². The van der Waals surface area contributed by atoms with Crippen LogP contribution in [0.1, 0.15) is 10.6 Å². The van der Waals surface area contributed by atoms with E-state index in [9.17, 15) is 0 Å². The van der Waals surface area contributed by atoms with E-state index in [-0.39, 0.29) is 0 Å². The van der Waals surface area contributed by atoms with Crippen LogP contribution in [0.3, 0.4) is 0 Å². The van der Waals surface area contributed by atoms with Gasteiger partial charge in [0.1, 0.15) is 5.01 Å². The monoisotopic (exact) mass is 402 g/mol. The van der Waals surface area contributed by atoms with Crippen LogP contribution in [0.25, 0.3) is 21.8 Å². The van der Waals surface area contributed by atoms with Gasteiger partial charge in [0.25, 0.3) is 0 Å². The predicted molar refractivity (Wildman–Crippen MR) is 117 cm³/mol. The molecule has 136 valence electrons. The zero-order chi connectivity index (χ0) is 18.9. The highest BCUT2D eigenvalue weighted by Gasteiger charge is 2.12. The van der Waals surface area contributed by atoms with Crippen LogP contribution in [0.5, 0.6) is 0 Å². The predicted octanol–water partition coefficient (Wildman–Crippen LogP) is 6.10. The number of rotatable bonds is 4. The average Bonchev–Trinajstić information content (AvgIpc) is 3.31. The second-order valence-corrected chi connectivity index (χ2v) is 7.89. The molecule has 0 radical (unpaired) electrons. The highest BCUT2D eigenvalue weighted by Crippen LogP contribution is 2.30. The van der Waals surface area contributed by atoms with Crippen molar-refractivity contribution in [2.75, 3.05) is 0 Å². The summed E-state index contributed by atoms with van der Waals surface area (Å²) < 4.78 is 2.29. The first kappa shape index (κ1) is 17.1. The van der Waals surface area contributed by atoms with E-state index in [0.29, 0.717) is 16.7 Å². The van der Waals surface area contributed by atoms with Crippen LogP contribution in [-0.4, -0.2) is 21.0 Å². The summed E-state index contributed by atoms with van der Waals surface area (Å²) in [5, 5.41) is 13.4. The van der Waals surface area contributed by atoms with Gasteiger partial charge in [0, 0.05) is 33.0 Å². The molecule has 2 aromatic heterocycles. The van der Waals surface area contributed by atoms with Crippen LogP contribution in [-0.2, 0) is 6.54 Å². The lowest BCUT2D eigenvalue weighted by molar-refractivity contribution is 0.836. The Hall–Kier alpha value is -3.02. The minimum absolute atomic E-state index is 0.644. The van der Waals surface area contributed by atoms with Crippen molar-refractivity contribution >= 4 is 56.1 Å². The van der Waals surface area contributed by atoms with E-state index in [1.165, 1.54) is 33.1 Å². The molecule has 3 aromatic carbocycles. The molecule has 0 saturated carbocycles. The van der Waals surface area contributed by atoms with E-state index in [1.807, 2.05) is 24.3 Å². The summed E-state index contributed by atoms with van der Waals surface area (Å²) in [6.45, 7) is 0.669. The molecular weight excluding hydrogens is 388 g/mol. The van der Waals surface area contributed by atoms with Crippen LogP contribution >= 0.6 is 22.9 Å². The number of benzene rings is 3. The van der Waals surface area contributed by atoms with Gasteiger partial charge in [-0.2, -0.15) is 0 Å². The molecule has 0 fully saturated rings. The van der Waals surface area contributed by atoms with Crippen molar-refractivity contribution in [2.24, 2.45) is 4.99 Å². The van der Waals surface area contributed by atoms with E-state index >= 15 is 0 Å². The Morgan fingerprint density at radius 2 is 1.50 bits per heavy atom. The molecule has 0 saturated heterocycles. The maximum absolute atomic E-state index is 5.92. The molecule has 0 amide bonds. The van der Waals surface area contributed by atoms with Crippen LogP contribution in [0, 0.1) is 0 Å². The second kappa shape index (κ2) is 7.19. The van der Waals surface area contributed by atoms with E-state index in [0.717, 1.165) is 10.6 Å². The summed E-state index contributed by atoms with van der Waals surface area (Å²) >= 11 is 7.42. The Morgan fingerprint density at radius 3 is 2.18 bits per heavy atom. The molecule has 5 rings (SSSR count). The summed E-state index contributed by atoms with van der Waals surface area (Å²) in [7, 11) is 0. The van der Waals surface area contributed by atoms with Crippen molar-refractivity contribution < 1.29 is 0 Å². The van der Waals surface area contributed by atoms with E-state index in [4.69, 9.17) is 11.6 Å². The quantitative estimate of drug-likeness (QED) is 0.341. The lowest BCUT2D eigenvalue weighted by Gasteiger charge is -2.04. The Morgan fingerprint density at radius 1 is 0.857 bits per heavy atom. The SMILES string of the molecule is Clc1ccc(/C=N/c2nnc(Cn3c4ccccc4c4ccccc43)s2)cc1. The maximum atomic E-state index is 5.92. The van der Waals surface area contributed by atoms with Gasteiger partial charge in [-0.15, -0.1) is 10.2 Å². The summed E-state index contributed by atoms with van der Waals surface area (Å²) in [5.41, 5.74) is 3.37. The summed E-state index contributed by atoms with van der Waals surface area (Å²) in [4.78, 5) is 4.45. The first-order valence-electron chi connectivity index (χ1n) is 8.86. The number of nitrogens with zero attached hydrogens (tertiary/aromatic N) is 4. The topological polar surface area (TPSA) is 43.1 Å². The van der Waals surface area contributed by atoms with E-state index in [1.54, 1.807) is 6.21 Å². The third-order valence-corrected chi connectivity index (χ3v) is 5.69. The first-order valence-corrected chi connectivity index (χ1v) is 10.1. The van der Waals surface area contributed by atoms with Crippen molar-refractivity contribution in [1.82, 2.24) is 14.8 Å². The molecule has 6 heteroatoms. The molecule has 0 bridgehead atoms. The molecule has 0 atom stereocenters. The Labute approximate surface area is 170 Å². The fourth-order valence-electron chi connectivity index (χ4n) is 3.35.